The molecule has 0 aliphatic heterocycles. The predicted octanol–water partition coefficient (Wildman–Crippen LogP) is 4.85. The first kappa shape index (κ1) is 21.8. The predicted molar refractivity (Wildman–Crippen MR) is 120 cm³/mol. The summed E-state index contributed by atoms with van der Waals surface area (Å²) in [7, 11) is 0. The molecule has 0 unspecified atom stereocenters. The molecule has 0 aliphatic carbocycles. The Morgan fingerprint density at radius 3 is 1.42 bits per heavy atom. The van der Waals surface area contributed by atoms with Crippen LogP contribution in [0.3, 0.4) is 0 Å². The van der Waals surface area contributed by atoms with Gasteiger partial charge in [0.05, 0.1) is 0 Å². The molecule has 2 heteroatoms. The Hall–Kier alpha value is -0.521. The summed E-state index contributed by atoms with van der Waals surface area (Å²) in [5.74, 6) is 0. The second-order valence-corrected chi connectivity index (χ2v) is 16.3. The number of rotatable bonds is 3. The van der Waals surface area contributed by atoms with Crippen molar-refractivity contribution in [1.82, 2.24) is 0 Å². The molecule has 0 spiro atoms. The molecule has 0 nitrogen and oxygen atoms in total. The van der Waals surface area contributed by atoms with Crippen molar-refractivity contribution >= 4 is 35.2 Å². The SMILES string of the molecule is CC(C)(C)c1cc(C(C)(C)C)c([Se][Se]c2ccccc2)c(C(C)(C)C)c1. The third-order valence-electron chi connectivity index (χ3n) is 4.54. The van der Waals surface area contributed by atoms with E-state index < -0.39 is 0 Å². The fourth-order valence-corrected chi connectivity index (χ4v) is 10.8. The van der Waals surface area contributed by atoms with Gasteiger partial charge in [0.15, 0.2) is 0 Å². The monoisotopic (exact) mass is 482 g/mol. The second kappa shape index (κ2) is 7.84. The molecule has 0 saturated heterocycles. The molecule has 26 heavy (non-hydrogen) atoms. The van der Waals surface area contributed by atoms with Crippen molar-refractivity contribution in [2.45, 2.75) is 78.6 Å². The Morgan fingerprint density at radius 2 is 1.04 bits per heavy atom. The molecule has 0 fully saturated rings. The van der Waals surface area contributed by atoms with Gasteiger partial charge in [0.2, 0.25) is 0 Å². The first-order chi connectivity index (χ1) is 11.8. The van der Waals surface area contributed by atoms with Crippen LogP contribution in [0.25, 0.3) is 0 Å². The van der Waals surface area contributed by atoms with Crippen LogP contribution < -0.4 is 8.92 Å². The summed E-state index contributed by atoms with van der Waals surface area (Å²) in [6.45, 7) is 21.2. The van der Waals surface area contributed by atoms with Gasteiger partial charge in [-0.05, 0) is 0 Å². The second-order valence-electron chi connectivity index (χ2n) is 10.1. The zero-order chi connectivity index (χ0) is 19.8. The molecule has 2 aromatic carbocycles. The van der Waals surface area contributed by atoms with E-state index in [-0.39, 0.29) is 16.2 Å². The van der Waals surface area contributed by atoms with Crippen molar-refractivity contribution in [3.05, 3.63) is 59.2 Å². The van der Waals surface area contributed by atoms with Crippen LogP contribution in [-0.2, 0) is 16.2 Å². The van der Waals surface area contributed by atoms with Crippen LogP contribution in [0.15, 0.2) is 42.5 Å². The van der Waals surface area contributed by atoms with Crippen molar-refractivity contribution in [2.24, 2.45) is 0 Å². The molecule has 0 saturated carbocycles. The third kappa shape index (κ3) is 5.49. The quantitative estimate of drug-likeness (QED) is 0.551. The van der Waals surface area contributed by atoms with E-state index in [4.69, 9.17) is 0 Å². The van der Waals surface area contributed by atoms with Gasteiger partial charge in [0, 0.05) is 0 Å². The number of benzene rings is 2. The van der Waals surface area contributed by atoms with E-state index in [1.165, 1.54) is 10.0 Å². The molecular weight excluding hydrogens is 446 g/mol. The zero-order valence-electron chi connectivity index (χ0n) is 17.9. The van der Waals surface area contributed by atoms with Crippen LogP contribution in [-0.4, -0.2) is 26.3 Å². The van der Waals surface area contributed by atoms with Crippen molar-refractivity contribution in [3.63, 3.8) is 0 Å². The molecule has 0 atom stereocenters. The first-order valence-corrected chi connectivity index (χ1v) is 15.4. The average Bonchev–Trinajstić information content (AvgIpc) is 2.50. The van der Waals surface area contributed by atoms with E-state index in [0.29, 0.717) is 26.3 Å². The van der Waals surface area contributed by atoms with Crippen LogP contribution in [0.2, 0.25) is 0 Å². The average molecular weight is 480 g/mol. The van der Waals surface area contributed by atoms with Gasteiger partial charge in [-0.2, -0.15) is 0 Å². The normalized spacial score (nSPS) is 13.1. The standard InChI is InChI=1S/C24H34Se2/c1-22(2,3)17-15-19(23(4,5)6)21(20(16-17)24(7,8)9)26-25-18-13-11-10-12-14-18/h10-16H,1-9H3. The molecule has 2 rings (SSSR count). The van der Waals surface area contributed by atoms with Gasteiger partial charge in [-0.3, -0.25) is 0 Å². The molecule has 0 heterocycles. The molecule has 2 aromatic rings. The Labute approximate surface area is 172 Å². The summed E-state index contributed by atoms with van der Waals surface area (Å²) < 4.78 is 3.16. The fourth-order valence-electron chi connectivity index (χ4n) is 2.83. The van der Waals surface area contributed by atoms with Gasteiger partial charge in [-0.1, -0.05) is 0 Å². The molecular formula is C24H34Se2. The number of hydrogen-bond acceptors (Lipinski definition) is 0. The van der Waals surface area contributed by atoms with E-state index in [1.807, 2.05) is 0 Å². The Bertz CT molecular complexity index is 704. The van der Waals surface area contributed by atoms with E-state index in [9.17, 15) is 0 Å². The minimum atomic E-state index is 0.172. The summed E-state index contributed by atoms with van der Waals surface area (Å²) in [4.78, 5) is 0. The molecule has 0 aromatic heterocycles. The summed E-state index contributed by atoms with van der Waals surface area (Å²) in [5.41, 5.74) is 5.12. The molecule has 0 aliphatic rings. The minimum absolute atomic E-state index is 0.172. The van der Waals surface area contributed by atoms with Crippen LogP contribution in [0, 0.1) is 0 Å². The topological polar surface area (TPSA) is 0 Å². The number of hydrogen-bond donors (Lipinski definition) is 0. The molecule has 0 bridgehead atoms. The maximum absolute atomic E-state index is 2.51. The van der Waals surface area contributed by atoms with Gasteiger partial charge in [0.25, 0.3) is 0 Å². The Balaban J connectivity index is 2.62. The van der Waals surface area contributed by atoms with E-state index in [1.54, 1.807) is 15.6 Å². The summed E-state index contributed by atoms with van der Waals surface area (Å²) in [5, 5.41) is 0. The van der Waals surface area contributed by atoms with Crippen molar-refractivity contribution in [1.29, 1.82) is 0 Å². The van der Waals surface area contributed by atoms with E-state index >= 15 is 0 Å². The third-order valence-corrected chi connectivity index (χ3v) is 11.8. The fraction of sp³-hybridized carbons (Fsp3) is 0.500. The van der Waals surface area contributed by atoms with Gasteiger partial charge in [-0.25, -0.2) is 0 Å². The first-order valence-electron chi connectivity index (χ1n) is 9.39. The van der Waals surface area contributed by atoms with Crippen LogP contribution >= 0.6 is 0 Å². The van der Waals surface area contributed by atoms with E-state index in [0.717, 1.165) is 0 Å². The summed E-state index contributed by atoms with van der Waals surface area (Å²) >= 11 is 1.02. The molecule has 0 radical (unpaired) electrons. The van der Waals surface area contributed by atoms with Crippen LogP contribution in [0.1, 0.15) is 79.0 Å². The van der Waals surface area contributed by atoms with Crippen molar-refractivity contribution in [3.8, 4) is 0 Å². The van der Waals surface area contributed by atoms with Gasteiger partial charge < -0.3 is 0 Å². The molecule has 0 N–H and O–H groups in total. The van der Waals surface area contributed by atoms with E-state index in [2.05, 4.69) is 105 Å². The molecule has 0 amide bonds. The Morgan fingerprint density at radius 1 is 0.577 bits per heavy atom. The van der Waals surface area contributed by atoms with Crippen molar-refractivity contribution in [2.75, 3.05) is 0 Å². The maximum atomic E-state index is 2.51. The zero-order valence-corrected chi connectivity index (χ0v) is 21.3. The van der Waals surface area contributed by atoms with Crippen LogP contribution in [0.5, 0.6) is 0 Å². The van der Waals surface area contributed by atoms with Crippen molar-refractivity contribution < 1.29 is 0 Å². The summed E-state index contributed by atoms with van der Waals surface area (Å²) in [6.07, 6.45) is 0. The Kier molecular flexibility index (Phi) is 6.57. The summed E-state index contributed by atoms with van der Waals surface area (Å²) in [6, 6.07) is 16.1. The van der Waals surface area contributed by atoms with Gasteiger partial charge in [0.1, 0.15) is 0 Å². The van der Waals surface area contributed by atoms with Crippen LogP contribution in [0.4, 0.5) is 0 Å². The molecule has 142 valence electrons. The van der Waals surface area contributed by atoms with Gasteiger partial charge >= 0.3 is 173 Å². The van der Waals surface area contributed by atoms with Gasteiger partial charge in [-0.15, -0.1) is 0 Å².